The van der Waals surface area contributed by atoms with Gasteiger partial charge in [-0.3, -0.25) is 14.9 Å². The third-order valence-electron chi connectivity index (χ3n) is 4.08. The number of nitro benzene ring substituents is 1. The number of nitrogens with one attached hydrogen (secondary N) is 1. The van der Waals surface area contributed by atoms with Crippen molar-refractivity contribution in [2.75, 3.05) is 25.6 Å². The third-order valence-corrected chi connectivity index (χ3v) is 4.08. The van der Waals surface area contributed by atoms with Crippen molar-refractivity contribution < 1.29 is 33.5 Å². The smallest absolute Gasteiger partial charge is 0.339 e. The second kappa shape index (κ2) is 8.46. The molecule has 2 aromatic carbocycles. The van der Waals surface area contributed by atoms with Gasteiger partial charge >= 0.3 is 5.97 Å². The van der Waals surface area contributed by atoms with Crippen LogP contribution in [0.25, 0.3) is 0 Å². The third kappa shape index (κ3) is 4.37. The second-order valence-electron chi connectivity index (χ2n) is 6.01. The van der Waals surface area contributed by atoms with Gasteiger partial charge in [0.05, 0.1) is 17.6 Å². The van der Waals surface area contributed by atoms with Gasteiger partial charge in [-0.15, -0.1) is 0 Å². The van der Waals surface area contributed by atoms with Gasteiger partial charge in [-0.25, -0.2) is 4.79 Å². The number of carbonyl (C=O) groups is 2. The van der Waals surface area contributed by atoms with E-state index in [1.54, 1.807) is 6.07 Å². The molecule has 0 aromatic heterocycles. The molecule has 2 aromatic rings. The summed E-state index contributed by atoms with van der Waals surface area (Å²) in [5.74, 6) is -0.481. The number of ether oxygens (including phenoxy) is 4. The number of nitro groups is 1. The maximum Gasteiger partial charge on any atom is 0.339 e. The minimum absolute atomic E-state index is 0.00592. The summed E-state index contributed by atoms with van der Waals surface area (Å²) in [5.41, 5.74) is -0.154. The zero-order chi connectivity index (χ0) is 21.0. The van der Waals surface area contributed by atoms with E-state index in [1.807, 2.05) is 0 Å². The van der Waals surface area contributed by atoms with Gasteiger partial charge < -0.3 is 24.3 Å². The van der Waals surface area contributed by atoms with Crippen LogP contribution in [0.4, 0.5) is 11.4 Å². The Bertz CT molecular complexity index is 942. The van der Waals surface area contributed by atoms with Gasteiger partial charge in [-0.2, -0.15) is 0 Å². The van der Waals surface area contributed by atoms with Crippen LogP contribution in [0.1, 0.15) is 17.3 Å². The normalized spacial score (nSPS) is 13.2. The van der Waals surface area contributed by atoms with Crippen LogP contribution in [0.5, 0.6) is 17.2 Å². The fourth-order valence-electron chi connectivity index (χ4n) is 2.65. The van der Waals surface area contributed by atoms with E-state index in [9.17, 15) is 19.7 Å². The Kier molecular flexibility index (Phi) is 5.82. The number of benzene rings is 2. The lowest BCUT2D eigenvalue weighted by Crippen LogP contribution is -2.30. The largest absolute Gasteiger partial charge is 0.493 e. The average Bonchev–Trinajstić information content (AvgIpc) is 2.72. The maximum atomic E-state index is 12.5. The molecule has 0 spiro atoms. The van der Waals surface area contributed by atoms with Crippen LogP contribution in [-0.4, -0.2) is 43.2 Å². The molecule has 1 aliphatic rings. The molecule has 0 saturated carbocycles. The molecule has 1 N–H and O–H groups in total. The first-order chi connectivity index (χ1) is 13.9. The molecule has 10 nitrogen and oxygen atoms in total. The summed E-state index contributed by atoms with van der Waals surface area (Å²) in [6.07, 6.45) is -1.21. The number of carbonyl (C=O) groups excluding carboxylic acids is 2. The fourth-order valence-corrected chi connectivity index (χ4v) is 2.65. The topological polar surface area (TPSA) is 126 Å². The number of rotatable bonds is 6. The predicted octanol–water partition coefficient (Wildman–Crippen LogP) is 2.56. The number of nitrogens with zero attached hydrogens (tertiary/aromatic N) is 1. The van der Waals surface area contributed by atoms with Gasteiger partial charge in [-0.05, 0) is 25.1 Å². The van der Waals surface area contributed by atoms with E-state index in [4.69, 9.17) is 18.9 Å². The second-order valence-corrected chi connectivity index (χ2v) is 6.01. The van der Waals surface area contributed by atoms with Gasteiger partial charge in [0.15, 0.2) is 17.6 Å². The van der Waals surface area contributed by atoms with Crippen LogP contribution in [0.15, 0.2) is 36.4 Å². The van der Waals surface area contributed by atoms with Gasteiger partial charge in [0.2, 0.25) is 5.75 Å². The lowest BCUT2D eigenvalue weighted by atomic mass is 10.1. The quantitative estimate of drug-likeness (QED) is 0.444. The van der Waals surface area contributed by atoms with Crippen LogP contribution < -0.4 is 19.5 Å². The summed E-state index contributed by atoms with van der Waals surface area (Å²) in [4.78, 5) is 35.2. The van der Waals surface area contributed by atoms with Crippen molar-refractivity contribution in [2.45, 2.75) is 13.0 Å². The first kappa shape index (κ1) is 19.9. The molecule has 0 fully saturated rings. The summed E-state index contributed by atoms with van der Waals surface area (Å²) < 4.78 is 21.3. The van der Waals surface area contributed by atoms with Crippen LogP contribution >= 0.6 is 0 Å². The highest BCUT2D eigenvalue weighted by Crippen LogP contribution is 2.40. The molecule has 1 aliphatic heterocycles. The van der Waals surface area contributed by atoms with Crippen molar-refractivity contribution in [3.05, 3.63) is 52.1 Å². The van der Waals surface area contributed by atoms with Gasteiger partial charge in [-0.1, -0.05) is 12.1 Å². The molecule has 0 radical (unpaired) electrons. The number of para-hydroxylation sites is 2. The Hall–Kier alpha value is -3.82. The van der Waals surface area contributed by atoms with Crippen molar-refractivity contribution in [3.8, 4) is 17.2 Å². The summed E-state index contributed by atoms with van der Waals surface area (Å²) in [5, 5.41) is 13.4. The minimum Gasteiger partial charge on any atom is -0.493 e. The van der Waals surface area contributed by atoms with E-state index in [0.29, 0.717) is 30.5 Å². The SMILES string of the molecule is COc1cc(C(=O)O[C@H](C)C(=O)Nc2ccccc2[N+](=O)[O-])cc2c1OCCO2. The highest BCUT2D eigenvalue weighted by atomic mass is 16.6. The summed E-state index contributed by atoms with van der Waals surface area (Å²) in [7, 11) is 1.42. The van der Waals surface area contributed by atoms with Crippen molar-refractivity contribution in [1.29, 1.82) is 0 Å². The lowest BCUT2D eigenvalue weighted by Gasteiger charge is -2.21. The van der Waals surface area contributed by atoms with E-state index < -0.39 is 22.9 Å². The first-order valence-electron chi connectivity index (χ1n) is 8.63. The number of hydrogen-bond acceptors (Lipinski definition) is 8. The first-order valence-corrected chi connectivity index (χ1v) is 8.63. The zero-order valence-corrected chi connectivity index (χ0v) is 15.7. The molecule has 1 amide bonds. The van der Waals surface area contributed by atoms with Gasteiger partial charge in [0.25, 0.3) is 11.6 Å². The number of anilines is 1. The number of amides is 1. The number of fused-ring (bicyclic) bond motifs is 1. The van der Waals surface area contributed by atoms with Crippen molar-refractivity contribution in [3.63, 3.8) is 0 Å². The molecule has 0 saturated heterocycles. The van der Waals surface area contributed by atoms with E-state index in [-0.39, 0.29) is 16.9 Å². The molecule has 3 rings (SSSR count). The summed E-state index contributed by atoms with van der Waals surface area (Å²) in [6.45, 7) is 2.04. The molecule has 10 heteroatoms. The average molecular weight is 402 g/mol. The molecular weight excluding hydrogens is 384 g/mol. The summed E-state index contributed by atoms with van der Waals surface area (Å²) >= 11 is 0. The van der Waals surface area contributed by atoms with Crippen LogP contribution in [0.2, 0.25) is 0 Å². The Balaban J connectivity index is 1.72. The highest BCUT2D eigenvalue weighted by molar-refractivity contribution is 5.99. The number of esters is 1. The molecule has 0 aliphatic carbocycles. The van der Waals surface area contributed by atoms with E-state index in [0.717, 1.165) is 0 Å². The summed E-state index contributed by atoms with van der Waals surface area (Å²) in [6, 6.07) is 8.52. The standard InChI is InChI=1S/C19H18N2O8/c1-11(18(22)20-13-5-3-4-6-14(13)21(24)25)29-19(23)12-9-15(26-2)17-16(10-12)27-7-8-28-17/h3-6,9-11H,7-8H2,1-2H3,(H,20,22)/t11-/m1/s1. The minimum atomic E-state index is -1.21. The molecule has 1 atom stereocenters. The van der Waals surface area contributed by atoms with Crippen LogP contribution in [0.3, 0.4) is 0 Å². The van der Waals surface area contributed by atoms with Gasteiger partial charge in [0, 0.05) is 6.07 Å². The molecular formula is C19H18N2O8. The van der Waals surface area contributed by atoms with E-state index in [2.05, 4.69) is 5.32 Å². The molecule has 0 unspecified atom stereocenters. The zero-order valence-electron chi connectivity index (χ0n) is 15.7. The van der Waals surface area contributed by atoms with Crippen LogP contribution in [-0.2, 0) is 9.53 Å². The Morgan fingerprint density at radius 1 is 1.21 bits per heavy atom. The fraction of sp³-hybridized carbons (Fsp3) is 0.263. The Labute approximate surface area is 165 Å². The predicted molar refractivity (Wildman–Crippen MR) is 101 cm³/mol. The molecule has 29 heavy (non-hydrogen) atoms. The molecule has 152 valence electrons. The number of methoxy groups -OCH3 is 1. The number of hydrogen-bond donors (Lipinski definition) is 1. The van der Waals surface area contributed by atoms with Crippen LogP contribution in [0, 0.1) is 10.1 Å². The molecule has 0 bridgehead atoms. The Morgan fingerprint density at radius 2 is 1.93 bits per heavy atom. The van der Waals surface area contributed by atoms with E-state index >= 15 is 0 Å². The van der Waals surface area contributed by atoms with Crippen molar-refractivity contribution >= 4 is 23.3 Å². The lowest BCUT2D eigenvalue weighted by molar-refractivity contribution is -0.383. The van der Waals surface area contributed by atoms with Crippen molar-refractivity contribution in [2.24, 2.45) is 0 Å². The van der Waals surface area contributed by atoms with Gasteiger partial charge in [0.1, 0.15) is 18.9 Å². The maximum absolute atomic E-state index is 12.5. The molecule has 1 heterocycles. The Morgan fingerprint density at radius 3 is 2.66 bits per heavy atom. The monoisotopic (exact) mass is 402 g/mol. The van der Waals surface area contributed by atoms with E-state index in [1.165, 1.54) is 44.4 Å². The highest BCUT2D eigenvalue weighted by Gasteiger charge is 2.25. The van der Waals surface area contributed by atoms with Crippen molar-refractivity contribution in [1.82, 2.24) is 0 Å².